The van der Waals surface area contributed by atoms with Gasteiger partial charge in [0.2, 0.25) is 0 Å². The van der Waals surface area contributed by atoms with Gasteiger partial charge in [0, 0.05) is 17.1 Å². The van der Waals surface area contributed by atoms with E-state index in [9.17, 15) is 4.79 Å². The molecule has 0 N–H and O–H groups in total. The Labute approximate surface area is 212 Å². The molecule has 1 atom stereocenters. The number of fused-ring (bicyclic) bond motifs is 4. The zero-order valence-electron chi connectivity index (χ0n) is 19.8. The molecular weight excluding hydrogens is 472 g/mol. The molecule has 1 aliphatic heterocycles. The summed E-state index contributed by atoms with van der Waals surface area (Å²) in [5, 5.41) is 3.94. The Morgan fingerprint density at radius 1 is 1.06 bits per heavy atom. The zero-order valence-corrected chi connectivity index (χ0v) is 21.4. The predicted molar refractivity (Wildman–Crippen MR) is 146 cm³/mol. The van der Waals surface area contributed by atoms with Crippen molar-refractivity contribution in [2.75, 3.05) is 0 Å². The number of hydrogen-bond acceptors (Lipinski definition) is 5. The molecule has 4 nitrogen and oxygen atoms in total. The molecule has 0 spiro atoms. The number of para-hydroxylation sites is 1. The molecule has 0 bridgehead atoms. The SMILES string of the molecule is CCC1(C)Cc2c(sc3nc(SCc4cccc5ccccc45)n(-c4ccccc4)c(=O)c23)CO1. The van der Waals surface area contributed by atoms with Crippen LogP contribution in [0.1, 0.15) is 36.3 Å². The Morgan fingerprint density at radius 3 is 2.66 bits per heavy atom. The molecule has 0 radical (unpaired) electrons. The van der Waals surface area contributed by atoms with Gasteiger partial charge in [0.15, 0.2) is 5.16 Å². The van der Waals surface area contributed by atoms with Gasteiger partial charge in [-0.25, -0.2) is 4.98 Å². The molecule has 0 amide bonds. The Balaban J connectivity index is 1.49. The number of ether oxygens (including phenoxy) is 1. The van der Waals surface area contributed by atoms with Gasteiger partial charge in [-0.05, 0) is 47.4 Å². The van der Waals surface area contributed by atoms with Crippen molar-refractivity contribution in [3.05, 3.63) is 99.2 Å². The summed E-state index contributed by atoms with van der Waals surface area (Å²) in [6, 6.07) is 24.7. The average molecular weight is 499 g/mol. The van der Waals surface area contributed by atoms with Crippen LogP contribution in [0.4, 0.5) is 0 Å². The van der Waals surface area contributed by atoms with E-state index in [0.717, 1.165) is 50.1 Å². The van der Waals surface area contributed by atoms with Crippen LogP contribution in [-0.4, -0.2) is 15.2 Å². The van der Waals surface area contributed by atoms with Gasteiger partial charge in [0.25, 0.3) is 5.56 Å². The summed E-state index contributed by atoms with van der Waals surface area (Å²) in [6.07, 6.45) is 1.65. The fourth-order valence-corrected chi connectivity index (χ4v) is 6.95. The maximum atomic E-state index is 14.1. The van der Waals surface area contributed by atoms with E-state index in [1.165, 1.54) is 16.3 Å². The molecule has 5 aromatic rings. The first-order valence-corrected chi connectivity index (χ1v) is 13.7. The van der Waals surface area contributed by atoms with Gasteiger partial charge in [-0.1, -0.05) is 79.3 Å². The van der Waals surface area contributed by atoms with E-state index in [2.05, 4.69) is 56.3 Å². The van der Waals surface area contributed by atoms with E-state index >= 15 is 0 Å². The summed E-state index contributed by atoms with van der Waals surface area (Å²) in [5.41, 5.74) is 2.97. The van der Waals surface area contributed by atoms with E-state index in [4.69, 9.17) is 9.72 Å². The van der Waals surface area contributed by atoms with Crippen LogP contribution in [0.2, 0.25) is 0 Å². The third-order valence-electron chi connectivity index (χ3n) is 6.98. The molecule has 2 aromatic heterocycles. The third kappa shape index (κ3) is 3.99. The monoisotopic (exact) mass is 498 g/mol. The minimum Gasteiger partial charge on any atom is -0.369 e. The maximum Gasteiger partial charge on any atom is 0.267 e. The molecular formula is C29H26N2O2S2. The second-order valence-corrected chi connectivity index (χ2v) is 11.3. The lowest BCUT2D eigenvalue weighted by Gasteiger charge is -2.32. The molecule has 3 heterocycles. The first-order valence-electron chi connectivity index (χ1n) is 11.9. The Kier molecular flexibility index (Phi) is 5.75. The van der Waals surface area contributed by atoms with Crippen molar-refractivity contribution in [3.63, 3.8) is 0 Å². The fourth-order valence-electron chi connectivity index (χ4n) is 4.79. The number of benzene rings is 3. The molecule has 35 heavy (non-hydrogen) atoms. The van der Waals surface area contributed by atoms with Gasteiger partial charge in [0.1, 0.15) is 4.83 Å². The van der Waals surface area contributed by atoms with E-state index in [-0.39, 0.29) is 11.2 Å². The van der Waals surface area contributed by atoms with Gasteiger partial charge in [-0.15, -0.1) is 11.3 Å². The molecule has 0 saturated heterocycles. The van der Waals surface area contributed by atoms with Crippen molar-refractivity contribution < 1.29 is 4.74 Å². The van der Waals surface area contributed by atoms with Crippen molar-refractivity contribution in [2.45, 2.75) is 49.8 Å². The van der Waals surface area contributed by atoms with E-state index < -0.39 is 0 Å². The van der Waals surface area contributed by atoms with Crippen LogP contribution in [0, 0.1) is 0 Å². The lowest BCUT2D eigenvalue weighted by Crippen LogP contribution is -2.34. The number of thiophene rings is 1. The topological polar surface area (TPSA) is 44.1 Å². The molecule has 0 saturated carbocycles. The smallest absolute Gasteiger partial charge is 0.267 e. The first-order chi connectivity index (χ1) is 17.1. The van der Waals surface area contributed by atoms with Crippen LogP contribution in [0.3, 0.4) is 0 Å². The van der Waals surface area contributed by atoms with E-state index in [1.807, 2.05) is 30.3 Å². The van der Waals surface area contributed by atoms with Crippen molar-refractivity contribution in [3.8, 4) is 5.69 Å². The van der Waals surface area contributed by atoms with Gasteiger partial charge in [0.05, 0.1) is 23.3 Å². The van der Waals surface area contributed by atoms with Crippen molar-refractivity contribution in [1.29, 1.82) is 0 Å². The summed E-state index contributed by atoms with van der Waals surface area (Å²) in [5.74, 6) is 0.730. The molecule has 176 valence electrons. The van der Waals surface area contributed by atoms with Crippen molar-refractivity contribution >= 4 is 44.1 Å². The minimum absolute atomic E-state index is 0.0134. The first kappa shape index (κ1) is 22.5. The highest BCUT2D eigenvalue weighted by Crippen LogP contribution is 2.39. The fraction of sp³-hybridized carbons (Fsp3) is 0.241. The normalized spacial score (nSPS) is 17.7. The van der Waals surface area contributed by atoms with Gasteiger partial charge in [-0.2, -0.15) is 0 Å². The number of hydrogen-bond donors (Lipinski definition) is 0. The highest BCUT2D eigenvalue weighted by Gasteiger charge is 2.33. The van der Waals surface area contributed by atoms with E-state index in [1.54, 1.807) is 27.7 Å². The molecule has 1 aliphatic rings. The summed E-state index contributed by atoms with van der Waals surface area (Å²) < 4.78 is 7.97. The number of aromatic nitrogens is 2. The Bertz CT molecular complexity index is 1600. The highest BCUT2D eigenvalue weighted by atomic mass is 32.2. The molecule has 6 rings (SSSR count). The third-order valence-corrected chi connectivity index (χ3v) is 9.07. The molecule has 0 fully saturated rings. The zero-order chi connectivity index (χ0) is 24.0. The van der Waals surface area contributed by atoms with E-state index in [0.29, 0.717) is 6.61 Å². The molecule has 3 aromatic carbocycles. The second-order valence-electron chi connectivity index (χ2n) is 9.25. The average Bonchev–Trinajstić information content (AvgIpc) is 3.25. The Morgan fingerprint density at radius 2 is 1.83 bits per heavy atom. The number of nitrogens with zero attached hydrogens (tertiary/aromatic N) is 2. The predicted octanol–water partition coefficient (Wildman–Crippen LogP) is 7.13. The van der Waals surface area contributed by atoms with Crippen LogP contribution in [0.15, 0.2) is 82.7 Å². The van der Waals surface area contributed by atoms with Gasteiger partial charge in [-0.3, -0.25) is 9.36 Å². The number of rotatable bonds is 5. The van der Waals surface area contributed by atoms with Gasteiger partial charge >= 0.3 is 0 Å². The maximum absolute atomic E-state index is 14.1. The quantitative estimate of drug-likeness (QED) is 0.191. The standard InChI is InChI=1S/C29H26N2O2S2/c1-3-29(2)16-23-24(17-33-29)35-26-25(23)27(32)31(21-13-5-4-6-14-21)28(30-26)34-18-20-12-9-11-19-10-7-8-15-22(19)20/h4-15H,3,16-18H2,1-2H3. The van der Waals surface area contributed by atoms with Crippen LogP contribution in [0.25, 0.3) is 26.7 Å². The second kappa shape index (κ2) is 8.94. The molecule has 1 unspecified atom stereocenters. The number of thioether (sulfide) groups is 1. The van der Waals surface area contributed by atoms with Gasteiger partial charge < -0.3 is 4.74 Å². The Hall–Kier alpha value is -2.93. The van der Waals surface area contributed by atoms with Crippen molar-refractivity contribution in [2.24, 2.45) is 0 Å². The summed E-state index contributed by atoms with van der Waals surface area (Å²) in [7, 11) is 0. The lowest BCUT2D eigenvalue weighted by atomic mass is 9.90. The summed E-state index contributed by atoms with van der Waals surface area (Å²) >= 11 is 3.22. The summed E-state index contributed by atoms with van der Waals surface area (Å²) in [4.78, 5) is 21.1. The largest absolute Gasteiger partial charge is 0.369 e. The lowest BCUT2D eigenvalue weighted by molar-refractivity contribution is -0.0543. The molecule has 6 heteroatoms. The van der Waals surface area contributed by atoms with Crippen LogP contribution in [0.5, 0.6) is 0 Å². The minimum atomic E-state index is -0.243. The van der Waals surface area contributed by atoms with Crippen LogP contribution in [-0.2, 0) is 23.5 Å². The summed E-state index contributed by atoms with van der Waals surface area (Å²) in [6.45, 7) is 4.82. The molecule has 0 aliphatic carbocycles. The van der Waals surface area contributed by atoms with Crippen molar-refractivity contribution in [1.82, 2.24) is 9.55 Å². The highest BCUT2D eigenvalue weighted by molar-refractivity contribution is 7.98. The van der Waals surface area contributed by atoms with Crippen LogP contribution >= 0.6 is 23.1 Å². The van der Waals surface area contributed by atoms with Crippen LogP contribution < -0.4 is 5.56 Å².